The van der Waals surface area contributed by atoms with Crippen LogP contribution in [0.4, 0.5) is 0 Å². The first-order valence-corrected chi connectivity index (χ1v) is 7.29. The first-order valence-electron chi connectivity index (χ1n) is 7.29. The van der Waals surface area contributed by atoms with Crippen LogP contribution in [0.25, 0.3) is 0 Å². The molecule has 1 rings (SSSR count). The summed E-state index contributed by atoms with van der Waals surface area (Å²) in [5.41, 5.74) is 0. The van der Waals surface area contributed by atoms with Crippen LogP contribution in [-0.4, -0.2) is 36.8 Å². The maximum Gasteiger partial charge on any atom is 0.220 e. The number of nitrogens with one attached hydrogen (secondary N) is 2. The normalized spacial score (nSPS) is 23.4. The van der Waals surface area contributed by atoms with Gasteiger partial charge in [0.25, 0.3) is 0 Å². The Bertz CT molecular complexity index is 240. The molecule has 1 saturated heterocycles. The van der Waals surface area contributed by atoms with Crippen molar-refractivity contribution in [2.45, 2.75) is 52.1 Å². The van der Waals surface area contributed by atoms with E-state index in [0.29, 0.717) is 24.8 Å². The van der Waals surface area contributed by atoms with Crippen molar-refractivity contribution in [2.75, 3.05) is 19.6 Å². The van der Waals surface area contributed by atoms with E-state index in [1.807, 2.05) is 6.92 Å². The van der Waals surface area contributed by atoms with Crippen LogP contribution >= 0.6 is 0 Å². The van der Waals surface area contributed by atoms with Gasteiger partial charge in [-0.05, 0) is 44.2 Å². The number of carbonyl (C=O) groups excluding carboxylic acids is 1. The Balaban J connectivity index is 2.18. The Hall–Kier alpha value is -0.610. The zero-order valence-corrected chi connectivity index (χ0v) is 11.7. The smallest absolute Gasteiger partial charge is 0.220 e. The monoisotopic (exact) mass is 256 g/mol. The molecule has 3 N–H and O–H groups in total. The third-order valence-electron chi connectivity index (χ3n) is 3.80. The second kappa shape index (κ2) is 8.48. The van der Waals surface area contributed by atoms with Gasteiger partial charge in [-0.15, -0.1) is 0 Å². The van der Waals surface area contributed by atoms with Gasteiger partial charge in [0.1, 0.15) is 0 Å². The molecule has 4 nitrogen and oxygen atoms in total. The van der Waals surface area contributed by atoms with Crippen molar-refractivity contribution in [1.82, 2.24) is 10.6 Å². The molecule has 0 aliphatic carbocycles. The minimum atomic E-state index is -0.398. The lowest BCUT2D eigenvalue weighted by Crippen LogP contribution is -2.37. The van der Waals surface area contributed by atoms with E-state index in [9.17, 15) is 9.90 Å². The van der Waals surface area contributed by atoms with Crippen LogP contribution in [0, 0.1) is 11.8 Å². The fourth-order valence-corrected chi connectivity index (χ4v) is 2.56. The fraction of sp³-hybridized carbons (Fsp3) is 0.929. The van der Waals surface area contributed by atoms with Crippen LogP contribution in [0.5, 0.6) is 0 Å². The largest absolute Gasteiger partial charge is 0.391 e. The van der Waals surface area contributed by atoms with Crippen LogP contribution in [0.15, 0.2) is 0 Å². The average molecular weight is 256 g/mol. The molecular formula is C14H28N2O2. The number of rotatable bonds is 7. The summed E-state index contributed by atoms with van der Waals surface area (Å²) in [7, 11) is 0. The number of hydrogen-bond acceptors (Lipinski definition) is 3. The SMILES string of the molecule is CCCC(O)CNC(=O)CC(C)C1CCCNC1. The summed E-state index contributed by atoms with van der Waals surface area (Å²) in [4.78, 5) is 11.8. The number of aliphatic hydroxyl groups excluding tert-OH is 1. The van der Waals surface area contributed by atoms with E-state index in [2.05, 4.69) is 17.6 Å². The van der Waals surface area contributed by atoms with Gasteiger partial charge in [-0.1, -0.05) is 20.3 Å². The molecule has 0 radical (unpaired) electrons. The van der Waals surface area contributed by atoms with E-state index in [1.165, 1.54) is 12.8 Å². The quantitative estimate of drug-likeness (QED) is 0.643. The van der Waals surface area contributed by atoms with E-state index in [0.717, 1.165) is 25.9 Å². The molecule has 106 valence electrons. The maximum absolute atomic E-state index is 11.8. The summed E-state index contributed by atoms with van der Waals surface area (Å²) in [5.74, 6) is 1.11. The molecule has 1 fully saturated rings. The summed E-state index contributed by atoms with van der Waals surface area (Å²) in [6, 6.07) is 0. The Morgan fingerprint density at radius 3 is 2.94 bits per heavy atom. The van der Waals surface area contributed by atoms with Crippen molar-refractivity contribution >= 4 is 5.91 Å². The molecule has 0 aromatic heterocycles. The van der Waals surface area contributed by atoms with Crippen LogP contribution < -0.4 is 10.6 Å². The van der Waals surface area contributed by atoms with Crippen molar-refractivity contribution in [3.8, 4) is 0 Å². The first kappa shape index (κ1) is 15.4. The fourth-order valence-electron chi connectivity index (χ4n) is 2.56. The summed E-state index contributed by atoms with van der Waals surface area (Å²) < 4.78 is 0. The van der Waals surface area contributed by atoms with Crippen molar-refractivity contribution in [3.05, 3.63) is 0 Å². The lowest BCUT2D eigenvalue weighted by Gasteiger charge is -2.28. The Labute approximate surface area is 111 Å². The molecular weight excluding hydrogens is 228 g/mol. The molecule has 1 amide bonds. The molecule has 3 unspecified atom stereocenters. The maximum atomic E-state index is 11.8. The summed E-state index contributed by atoms with van der Waals surface area (Å²) in [5, 5.41) is 15.8. The van der Waals surface area contributed by atoms with Crippen LogP contribution in [0.2, 0.25) is 0 Å². The van der Waals surface area contributed by atoms with E-state index in [4.69, 9.17) is 0 Å². The first-order chi connectivity index (χ1) is 8.63. The van der Waals surface area contributed by atoms with Crippen molar-refractivity contribution in [1.29, 1.82) is 0 Å². The number of piperidine rings is 1. The van der Waals surface area contributed by atoms with E-state index < -0.39 is 6.10 Å². The molecule has 4 heteroatoms. The summed E-state index contributed by atoms with van der Waals surface area (Å²) >= 11 is 0. The minimum absolute atomic E-state index is 0.0724. The van der Waals surface area contributed by atoms with Crippen molar-refractivity contribution in [2.24, 2.45) is 11.8 Å². The molecule has 0 saturated carbocycles. The standard InChI is InChI=1S/C14H28N2O2/c1-3-5-13(17)10-16-14(18)8-11(2)12-6-4-7-15-9-12/h11-13,15,17H,3-10H2,1-2H3,(H,16,18). The van der Waals surface area contributed by atoms with Gasteiger partial charge in [0.05, 0.1) is 6.10 Å². The third kappa shape index (κ3) is 5.83. The van der Waals surface area contributed by atoms with E-state index in [-0.39, 0.29) is 5.91 Å². The Morgan fingerprint density at radius 1 is 1.56 bits per heavy atom. The van der Waals surface area contributed by atoms with Gasteiger partial charge in [0, 0.05) is 13.0 Å². The highest BCUT2D eigenvalue weighted by Crippen LogP contribution is 2.22. The number of carbonyl (C=O) groups is 1. The third-order valence-corrected chi connectivity index (χ3v) is 3.80. The molecule has 0 spiro atoms. The Kier molecular flexibility index (Phi) is 7.28. The van der Waals surface area contributed by atoms with E-state index >= 15 is 0 Å². The predicted molar refractivity (Wildman–Crippen MR) is 73.3 cm³/mol. The Morgan fingerprint density at radius 2 is 2.33 bits per heavy atom. The van der Waals surface area contributed by atoms with Crippen molar-refractivity contribution in [3.63, 3.8) is 0 Å². The lowest BCUT2D eigenvalue weighted by atomic mass is 9.85. The van der Waals surface area contributed by atoms with Gasteiger partial charge >= 0.3 is 0 Å². The zero-order valence-electron chi connectivity index (χ0n) is 11.7. The van der Waals surface area contributed by atoms with Gasteiger partial charge in [-0.3, -0.25) is 4.79 Å². The predicted octanol–water partition coefficient (Wildman–Crippen LogP) is 1.29. The summed E-state index contributed by atoms with van der Waals surface area (Å²) in [6.07, 6.45) is 4.31. The summed E-state index contributed by atoms with van der Waals surface area (Å²) in [6.45, 7) is 6.72. The second-order valence-electron chi connectivity index (χ2n) is 5.53. The van der Waals surface area contributed by atoms with Gasteiger partial charge in [0.15, 0.2) is 0 Å². The highest BCUT2D eigenvalue weighted by molar-refractivity contribution is 5.76. The number of aliphatic hydroxyl groups is 1. The van der Waals surface area contributed by atoms with Gasteiger partial charge in [-0.25, -0.2) is 0 Å². The molecule has 1 aliphatic heterocycles. The van der Waals surface area contributed by atoms with Gasteiger partial charge < -0.3 is 15.7 Å². The second-order valence-corrected chi connectivity index (χ2v) is 5.53. The molecule has 1 aliphatic rings. The molecule has 0 aromatic rings. The van der Waals surface area contributed by atoms with Crippen LogP contribution in [0.3, 0.4) is 0 Å². The highest BCUT2D eigenvalue weighted by Gasteiger charge is 2.22. The zero-order chi connectivity index (χ0) is 13.4. The number of hydrogen-bond donors (Lipinski definition) is 3. The molecule has 3 atom stereocenters. The van der Waals surface area contributed by atoms with Gasteiger partial charge in [-0.2, -0.15) is 0 Å². The lowest BCUT2D eigenvalue weighted by molar-refractivity contribution is -0.122. The van der Waals surface area contributed by atoms with Crippen LogP contribution in [-0.2, 0) is 4.79 Å². The highest BCUT2D eigenvalue weighted by atomic mass is 16.3. The van der Waals surface area contributed by atoms with E-state index in [1.54, 1.807) is 0 Å². The van der Waals surface area contributed by atoms with Crippen LogP contribution in [0.1, 0.15) is 46.0 Å². The minimum Gasteiger partial charge on any atom is -0.391 e. The molecule has 18 heavy (non-hydrogen) atoms. The molecule has 0 bridgehead atoms. The molecule has 1 heterocycles. The topological polar surface area (TPSA) is 61.4 Å². The van der Waals surface area contributed by atoms with Crippen molar-refractivity contribution < 1.29 is 9.90 Å². The van der Waals surface area contributed by atoms with Gasteiger partial charge in [0.2, 0.25) is 5.91 Å². The number of amides is 1. The molecule has 0 aromatic carbocycles. The average Bonchev–Trinajstić information content (AvgIpc) is 2.38.